The maximum absolute atomic E-state index is 13.2. The number of thiazole rings is 1. The first-order valence-electron chi connectivity index (χ1n) is 6.84. The van der Waals surface area contributed by atoms with Gasteiger partial charge in [-0.05, 0) is 19.3 Å². The summed E-state index contributed by atoms with van der Waals surface area (Å²) in [5.41, 5.74) is -0.733. The van der Waals surface area contributed by atoms with E-state index in [9.17, 15) is 26.7 Å². The number of alkyl halides is 5. The summed E-state index contributed by atoms with van der Waals surface area (Å²) in [6, 6.07) is 0. The Morgan fingerprint density at radius 3 is 2.50 bits per heavy atom. The molecular formula is C13H13F5N2OS. The average Bonchev–Trinajstić information content (AvgIpc) is 2.85. The van der Waals surface area contributed by atoms with E-state index in [0.29, 0.717) is 30.0 Å². The fourth-order valence-electron chi connectivity index (χ4n) is 2.71. The Morgan fingerprint density at radius 2 is 2.00 bits per heavy atom. The van der Waals surface area contributed by atoms with Crippen LogP contribution in [0.25, 0.3) is 0 Å². The maximum atomic E-state index is 13.2. The van der Waals surface area contributed by atoms with Gasteiger partial charge in [0.2, 0.25) is 5.92 Å². The van der Waals surface area contributed by atoms with Crippen molar-refractivity contribution in [2.24, 2.45) is 0 Å². The van der Waals surface area contributed by atoms with Gasteiger partial charge in [0.05, 0.1) is 16.2 Å². The highest BCUT2D eigenvalue weighted by atomic mass is 32.1. The lowest BCUT2D eigenvalue weighted by molar-refractivity contribution is -0.174. The molecule has 122 valence electrons. The smallest absolute Gasteiger partial charge is 0.337 e. The summed E-state index contributed by atoms with van der Waals surface area (Å²) >= 11 is 1.17. The van der Waals surface area contributed by atoms with Crippen LogP contribution in [0, 0.1) is 0 Å². The van der Waals surface area contributed by atoms with Gasteiger partial charge >= 0.3 is 12.1 Å². The number of amides is 1. The molecule has 1 heterocycles. The van der Waals surface area contributed by atoms with E-state index in [-0.39, 0.29) is 18.8 Å². The number of nitrogens with zero attached hydrogens (tertiary/aromatic N) is 1. The number of aromatic nitrogens is 1. The minimum Gasteiger partial charge on any atom is -0.337 e. The second-order valence-corrected chi connectivity index (χ2v) is 6.79. The molecule has 1 N–H and O–H groups in total. The number of hydrogen-bond acceptors (Lipinski definition) is 3. The minimum atomic E-state index is -4.94. The molecule has 1 atom stereocenters. The van der Waals surface area contributed by atoms with Crippen LogP contribution in [0.3, 0.4) is 0 Å². The molecule has 3 rings (SSSR count). The highest BCUT2D eigenvalue weighted by Crippen LogP contribution is 2.49. The largest absolute Gasteiger partial charge is 0.471 e. The number of carbonyl (C=O) groups excluding carboxylic acids is 1. The van der Waals surface area contributed by atoms with E-state index in [1.165, 1.54) is 11.3 Å². The summed E-state index contributed by atoms with van der Waals surface area (Å²) in [7, 11) is 0. The van der Waals surface area contributed by atoms with Gasteiger partial charge < -0.3 is 5.32 Å². The molecule has 2 aliphatic carbocycles. The first-order valence-corrected chi connectivity index (χ1v) is 7.72. The van der Waals surface area contributed by atoms with Crippen molar-refractivity contribution in [2.75, 3.05) is 0 Å². The number of nitrogens with one attached hydrogen (secondary N) is 1. The zero-order valence-corrected chi connectivity index (χ0v) is 12.2. The Balaban J connectivity index is 1.73. The van der Waals surface area contributed by atoms with Crippen LogP contribution in [-0.2, 0) is 10.3 Å². The Hall–Kier alpha value is -1.25. The Morgan fingerprint density at radius 1 is 1.32 bits per heavy atom. The van der Waals surface area contributed by atoms with Gasteiger partial charge in [-0.3, -0.25) is 4.79 Å². The van der Waals surface area contributed by atoms with Crippen molar-refractivity contribution >= 4 is 17.2 Å². The lowest BCUT2D eigenvalue weighted by atomic mass is 10.1. The third-order valence-corrected chi connectivity index (χ3v) is 5.13. The average molecular weight is 340 g/mol. The molecule has 2 aliphatic rings. The van der Waals surface area contributed by atoms with Gasteiger partial charge in [0.25, 0.3) is 0 Å². The molecule has 2 saturated carbocycles. The summed E-state index contributed by atoms with van der Waals surface area (Å²) in [4.78, 5) is 15.3. The zero-order valence-electron chi connectivity index (χ0n) is 11.3. The molecular weight excluding hydrogens is 327 g/mol. The van der Waals surface area contributed by atoms with E-state index >= 15 is 0 Å². The molecule has 0 aliphatic heterocycles. The third kappa shape index (κ3) is 2.95. The van der Waals surface area contributed by atoms with Crippen LogP contribution < -0.4 is 5.32 Å². The lowest BCUT2D eigenvalue weighted by Crippen LogP contribution is -2.43. The summed E-state index contributed by atoms with van der Waals surface area (Å²) in [6.07, 6.45) is -4.34. The molecule has 3 nitrogen and oxygen atoms in total. The molecule has 0 saturated heterocycles. The van der Waals surface area contributed by atoms with E-state index in [1.54, 1.807) is 5.38 Å². The van der Waals surface area contributed by atoms with E-state index in [0.717, 1.165) is 0 Å². The number of halogens is 5. The molecule has 0 bridgehead atoms. The van der Waals surface area contributed by atoms with Gasteiger partial charge in [-0.25, -0.2) is 13.8 Å². The molecule has 0 spiro atoms. The Kier molecular flexibility index (Phi) is 3.46. The zero-order chi connectivity index (χ0) is 16.2. The van der Waals surface area contributed by atoms with Crippen molar-refractivity contribution in [2.45, 2.75) is 55.7 Å². The van der Waals surface area contributed by atoms with Gasteiger partial charge in [0.1, 0.15) is 0 Å². The van der Waals surface area contributed by atoms with E-state index in [4.69, 9.17) is 0 Å². The first-order chi connectivity index (χ1) is 10.1. The van der Waals surface area contributed by atoms with Crippen molar-refractivity contribution in [3.05, 3.63) is 16.1 Å². The predicted molar refractivity (Wildman–Crippen MR) is 68.8 cm³/mol. The molecule has 22 heavy (non-hydrogen) atoms. The molecule has 2 fully saturated rings. The molecule has 1 aromatic heterocycles. The van der Waals surface area contributed by atoms with Crippen LogP contribution >= 0.6 is 11.3 Å². The van der Waals surface area contributed by atoms with Gasteiger partial charge in [0.15, 0.2) is 0 Å². The van der Waals surface area contributed by atoms with Gasteiger partial charge in [-0.1, -0.05) is 0 Å². The van der Waals surface area contributed by atoms with Crippen LogP contribution in [0.1, 0.15) is 48.7 Å². The van der Waals surface area contributed by atoms with Crippen molar-refractivity contribution in [3.63, 3.8) is 0 Å². The summed E-state index contributed by atoms with van der Waals surface area (Å²) in [5.74, 6) is -5.05. The number of rotatable bonds is 3. The van der Waals surface area contributed by atoms with E-state index in [2.05, 4.69) is 4.98 Å². The maximum Gasteiger partial charge on any atom is 0.471 e. The van der Waals surface area contributed by atoms with Crippen LogP contribution in [0.2, 0.25) is 0 Å². The van der Waals surface area contributed by atoms with Crippen molar-refractivity contribution in [3.8, 4) is 0 Å². The van der Waals surface area contributed by atoms with Gasteiger partial charge in [-0.2, -0.15) is 13.2 Å². The van der Waals surface area contributed by atoms with Gasteiger partial charge in [0, 0.05) is 24.1 Å². The highest BCUT2D eigenvalue weighted by Gasteiger charge is 2.52. The number of carbonyl (C=O) groups is 1. The standard InChI is InChI=1S/C13H13F5N2OS/c14-12(15)2-1-7(5-12)9-19-8(6-22-9)11(3-4-11)20-10(21)13(16,17)18/h6-7H,1-5H2,(H,20,21). The predicted octanol–water partition coefficient (Wildman–Crippen LogP) is 3.71. The summed E-state index contributed by atoms with van der Waals surface area (Å²) < 4.78 is 63.5. The topological polar surface area (TPSA) is 42.0 Å². The quantitative estimate of drug-likeness (QED) is 0.852. The van der Waals surface area contributed by atoms with E-state index < -0.39 is 23.5 Å². The first kappa shape index (κ1) is 15.6. The lowest BCUT2D eigenvalue weighted by Gasteiger charge is -2.16. The highest BCUT2D eigenvalue weighted by molar-refractivity contribution is 7.09. The molecule has 1 amide bonds. The fourth-order valence-corrected chi connectivity index (χ4v) is 3.77. The minimum absolute atomic E-state index is 0.192. The molecule has 0 aromatic carbocycles. The van der Waals surface area contributed by atoms with E-state index in [1.807, 2.05) is 5.32 Å². The Labute approximate surface area is 126 Å². The molecule has 9 heteroatoms. The Bertz CT molecular complexity index is 593. The normalized spacial score (nSPS) is 26.0. The van der Waals surface area contributed by atoms with Crippen molar-refractivity contribution < 1.29 is 26.7 Å². The summed E-state index contributed by atoms with van der Waals surface area (Å²) in [5, 5.41) is 4.05. The van der Waals surface area contributed by atoms with Crippen molar-refractivity contribution in [1.29, 1.82) is 0 Å². The third-order valence-electron chi connectivity index (χ3n) is 4.13. The molecule has 1 aromatic rings. The second-order valence-electron chi connectivity index (χ2n) is 5.90. The van der Waals surface area contributed by atoms with Crippen LogP contribution in [-0.4, -0.2) is 23.0 Å². The molecule has 1 unspecified atom stereocenters. The van der Waals surface area contributed by atoms with Crippen LogP contribution in [0.5, 0.6) is 0 Å². The van der Waals surface area contributed by atoms with Gasteiger partial charge in [-0.15, -0.1) is 11.3 Å². The summed E-state index contributed by atoms with van der Waals surface area (Å²) in [6.45, 7) is 0. The second kappa shape index (κ2) is 4.87. The SMILES string of the molecule is O=C(NC1(c2csc(C3CCC(F)(F)C3)n2)CC1)C(F)(F)F. The fraction of sp³-hybridized carbons (Fsp3) is 0.692. The van der Waals surface area contributed by atoms with Crippen LogP contribution in [0.4, 0.5) is 22.0 Å². The number of hydrogen-bond donors (Lipinski definition) is 1. The molecule has 0 radical (unpaired) electrons. The monoisotopic (exact) mass is 340 g/mol. The van der Waals surface area contributed by atoms with Crippen LogP contribution in [0.15, 0.2) is 5.38 Å². The van der Waals surface area contributed by atoms with Crippen molar-refractivity contribution in [1.82, 2.24) is 10.3 Å².